The van der Waals surface area contributed by atoms with E-state index in [1.165, 1.54) is 12.3 Å². The van der Waals surface area contributed by atoms with Crippen molar-refractivity contribution < 1.29 is 8.42 Å². The molecule has 1 aromatic carbocycles. The number of halogens is 2. The number of pyridine rings is 1. The minimum absolute atomic E-state index is 0.176. The van der Waals surface area contributed by atoms with Crippen LogP contribution >= 0.6 is 31.9 Å². The van der Waals surface area contributed by atoms with E-state index in [1.54, 1.807) is 24.3 Å². The summed E-state index contributed by atoms with van der Waals surface area (Å²) < 4.78 is 28.4. The van der Waals surface area contributed by atoms with Crippen LogP contribution in [0.4, 0.5) is 11.4 Å². The van der Waals surface area contributed by atoms with E-state index in [4.69, 9.17) is 5.84 Å². The minimum atomic E-state index is -3.86. The lowest BCUT2D eigenvalue weighted by Crippen LogP contribution is -2.19. The molecule has 0 unspecified atom stereocenters. The number of nitrogens with zero attached hydrogens (tertiary/aromatic N) is 1. The first-order chi connectivity index (χ1) is 9.45. The van der Waals surface area contributed by atoms with Gasteiger partial charge in [-0.2, -0.15) is 8.42 Å². The quantitative estimate of drug-likeness (QED) is 0.520. The fraction of sp³-hybridized carbons (Fsp3) is 0. The second kappa shape index (κ2) is 6.08. The Balaban J connectivity index is 2.47. The number of para-hydroxylation sites is 1. The molecule has 0 radical (unpaired) electrons. The average molecular weight is 422 g/mol. The third-order valence-electron chi connectivity index (χ3n) is 2.38. The van der Waals surface area contributed by atoms with Crippen molar-refractivity contribution in [2.45, 2.75) is 5.03 Å². The Kier molecular flexibility index (Phi) is 4.63. The van der Waals surface area contributed by atoms with Crippen molar-refractivity contribution >= 4 is 53.3 Å². The third kappa shape index (κ3) is 3.11. The van der Waals surface area contributed by atoms with E-state index in [2.05, 4.69) is 47.0 Å². The second-order valence-electron chi connectivity index (χ2n) is 3.70. The summed E-state index contributed by atoms with van der Waals surface area (Å²) in [5.41, 5.74) is 2.91. The van der Waals surface area contributed by atoms with E-state index in [9.17, 15) is 8.42 Å². The van der Waals surface area contributed by atoms with Gasteiger partial charge in [0, 0.05) is 15.1 Å². The number of hydrogen-bond acceptors (Lipinski definition) is 5. The van der Waals surface area contributed by atoms with E-state index in [0.29, 0.717) is 14.6 Å². The summed E-state index contributed by atoms with van der Waals surface area (Å²) >= 11 is 6.58. The molecule has 0 spiro atoms. The van der Waals surface area contributed by atoms with Crippen molar-refractivity contribution in [2.75, 3.05) is 10.1 Å². The lowest BCUT2D eigenvalue weighted by atomic mass is 10.3. The Bertz CT molecular complexity index is 717. The molecule has 2 aromatic rings. The van der Waals surface area contributed by atoms with E-state index < -0.39 is 10.0 Å². The molecule has 0 aliphatic carbocycles. The van der Waals surface area contributed by atoms with Crippen molar-refractivity contribution in [3.63, 3.8) is 0 Å². The predicted molar refractivity (Wildman–Crippen MR) is 84.7 cm³/mol. The Hall–Kier alpha value is -1.16. The zero-order chi connectivity index (χ0) is 14.8. The number of sulfonamides is 1. The molecule has 2 rings (SSSR count). The first-order valence-electron chi connectivity index (χ1n) is 5.34. The molecular weight excluding hydrogens is 412 g/mol. The molecule has 106 valence electrons. The summed E-state index contributed by atoms with van der Waals surface area (Å²) in [7, 11) is -3.86. The van der Waals surface area contributed by atoms with Crippen LogP contribution in [-0.2, 0) is 10.0 Å². The van der Waals surface area contributed by atoms with E-state index in [-0.39, 0.29) is 10.7 Å². The van der Waals surface area contributed by atoms with Crippen LogP contribution in [-0.4, -0.2) is 13.4 Å². The van der Waals surface area contributed by atoms with E-state index in [1.807, 2.05) is 0 Å². The summed E-state index contributed by atoms with van der Waals surface area (Å²) in [5, 5.41) is -0.176. The highest BCUT2D eigenvalue weighted by molar-refractivity contribution is 9.11. The van der Waals surface area contributed by atoms with Crippen LogP contribution in [0.15, 0.2) is 50.5 Å². The van der Waals surface area contributed by atoms with Crippen molar-refractivity contribution in [1.82, 2.24) is 4.98 Å². The van der Waals surface area contributed by atoms with Crippen molar-refractivity contribution in [3.05, 3.63) is 45.5 Å². The molecule has 20 heavy (non-hydrogen) atoms. The van der Waals surface area contributed by atoms with E-state index in [0.717, 1.165) is 0 Å². The molecule has 0 aliphatic heterocycles. The number of hydrogen-bond donors (Lipinski definition) is 3. The maximum Gasteiger partial charge on any atom is 0.281 e. The van der Waals surface area contributed by atoms with Gasteiger partial charge in [0.2, 0.25) is 5.03 Å². The molecule has 0 fully saturated rings. The Morgan fingerprint density at radius 3 is 2.35 bits per heavy atom. The number of nitrogen functional groups attached to an aromatic ring is 1. The number of benzene rings is 1. The maximum atomic E-state index is 12.4. The monoisotopic (exact) mass is 420 g/mol. The summed E-state index contributed by atoms with van der Waals surface area (Å²) in [6.07, 6.45) is 1.38. The Morgan fingerprint density at radius 2 is 1.75 bits per heavy atom. The van der Waals surface area contributed by atoms with Gasteiger partial charge in [0.05, 0.1) is 11.4 Å². The van der Waals surface area contributed by atoms with Crippen molar-refractivity contribution in [1.29, 1.82) is 0 Å². The molecule has 0 saturated carbocycles. The smallest absolute Gasteiger partial charge is 0.281 e. The molecule has 0 bridgehead atoms. The lowest BCUT2D eigenvalue weighted by Gasteiger charge is -2.13. The topological polar surface area (TPSA) is 97.1 Å². The van der Waals surface area contributed by atoms with Gasteiger partial charge in [0.25, 0.3) is 10.0 Å². The van der Waals surface area contributed by atoms with Crippen LogP contribution in [0, 0.1) is 0 Å². The largest absolute Gasteiger partial charge is 0.321 e. The number of nitrogens with one attached hydrogen (secondary N) is 2. The van der Waals surface area contributed by atoms with Crippen LogP contribution in [0.5, 0.6) is 0 Å². The van der Waals surface area contributed by atoms with Gasteiger partial charge >= 0.3 is 0 Å². The molecular formula is C11H10Br2N4O2S. The van der Waals surface area contributed by atoms with Crippen molar-refractivity contribution in [3.8, 4) is 0 Å². The number of anilines is 2. The summed E-state index contributed by atoms with van der Waals surface area (Å²) in [5.74, 6) is 5.30. The van der Waals surface area contributed by atoms with Crippen LogP contribution in [0.25, 0.3) is 0 Å². The Labute approximate surface area is 133 Å². The SMILES string of the molecule is NNc1cccnc1S(=O)(=O)Nc1c(Br)cccc1Br. The van der Waals surface area contributed by atoms with Gasteiger partial charge in [0.1, 0.15) is 0 Å². The molecule has 6 nitrogen and oxygen atoms in total. The molecule has 0 saturated heterocycles. The van der Waals surface area contributed by atoms with Crippen LogP contribution in [0.2, 0.25) is 0 Å². The summed E-state index contributed by atoms with van der Waals surface area (Å²) in [6.45, 7) is 0. The van der Waals surface area contributed by atoms with Gasteiger partial charge in [-0.05, 0) is 56.1 Å². The van der Waals surface area contributed by atoms with Gasteiger partial charge in [0.15, 0.2) is 0 Å². The molecule has 0 aliphatic rings. The highest BCUT2D eigenvalue weighted by atomic mass is 79.9. The fourth-order valence-corrected chi connectivity index (χ4v) is 4.15. The Morgan fingerprint density at radius 1 is 1.10 bits per heavy atom. The summed E-state index contributed by atoms with van der Waals surface area (Å²) in [4.78, 5) is 3.85. The average Bonchev–Trinajstić information content (AvgIpc) is 2.43. The minimum Gasteiger partial charge on any atom is -0.321 e. The number of hydrazine groups is 1. The first kappa shape index (κ1) is 15.2. The molecule has 0 atom stereocenters. The summed E-state index contributed by atoms with van der Waals surface area (Å²) in [6, 6.07) is 8.34. The zero-order valence-electron chi connectivity index (χ0n) is 9.97. The van der Waals surface area contributed by atoms with Crippen LogP contribution in [0.3, 0.4) is 0 Å². The molecule has 1 heterocycles. The standard InChI is InChI=1S/C11H10Br2N4O2S/c12-7-3-1-4-8(13)10(7)17-20(18,19)11-9(16-14)5-2-6-15-11/h1-6,16-17H,14H2. The van der Waals surface area contributed by atoms with Gasteiger partial charge in [-0.25, -0.2) is 4.98 Å². The lowest BCUT2D eigenvalue weighted by molar-refractivity contribution is 0.598. The third-order valence-corrected chi connectivity index (χ3v) is 5.01. The fourth-order valence-electron chi connectivity index (χ4n) is 1.49. The van der Waals surface area contributed by atoms with Gasteiger partial charge < -0.3 is 5.43 Å². The molecule has 1 aromatic heterocycles. The molecule has 4 N–H and O–H groups in total. The zero-order valence-corrected chi connectivity index (χ0v) is 14.0. The van der Waals surface area contributed by atoms with Gasteiger partial charge in [-0.3, -0.25) is 10.6 Å². The first-order valence-corrected chi connectivity index (χ1v) is 8.41. The van der Waals surface area contributed by atoms with Crippen LogP contribution < -0.4 is 16.0 Å². The van der Waals surface area contributed by atoms with Crippen molar-refractivity contribution in [2.24, 2.45) is 5.84 Å². The predicted octanol–water partition coefficient (Wildman–Crippen LogP) is 2.69. The number of aromatic nitrogens is 1. The highest BCUT2D eigenvalue weighted by Crippen LogP contribution is 2.32. The number of rotatable bonds is 4. The second-order valence-corrected chi connectivity index (χ2v) is 7.01. The van der Waals surface area contributed by atoms with E-state index >= 15 is 0 Å². The van der Waals surface area contributed by atoms with Gasteiger partial charge in [-0.15, -0.1) is 0 Å². The molecule has 0 amide bonds. The maximum absolute atomic E-state index is 12.4. The highest BCUT2D eigenvalue weighted by Gasteiger charge is 2.22. The normalized spacial score (nSPS) is 11.2. The van der Waals surface area contributed by atoms with Crippen LogP contribution in [0.1, 0.15) is 0 Å². The number of nitrogens with two attached hydrogens (primary N) is 1. The van der Waals surface area contributed by atoms with Gasteiger partial charge in [-0.1, -0.05) is 6.07 Å². The molecule has 9 heteroatoms.